The summed E-state index contributed by atoms with van der Waals surface area (Å²) in [5.41, 5.74) is 7.89. The Morgan fingerprint density at radius 3 is 2.82 bits per heavy atom. The normalized spacial score (nSPS) is 11.2. The Kier molecular flexibility index (Phi) is 5.21. The van der Waals surface area contributed by atoms with Crippen molar-refractivity contribution in [2.75, 3.05) is 18.1 Å². The zero-order valence-electron chi connectivity index (χ0n) is 12.8. The number of carbonyl (C=O) groups is 1. The van der Waals surface area contributed by atoms with Crippen LogP contribution in [0.1, 0.15) is 24.3 Å². The van der Waals surface area contributed by atoms with E-state index in [1.165, 1.54) is 34.3 Å². The third-order valence-electron chi connectivity index (χ3n) is 3.08. The van der Waals surface area contributed by atoms with Crippen LogP contribution in [0.2, 0.25) is 0 Å². The predicted molar refractivity (Wildman–Crippen MR) is 86.6 cm³/mol. The van der Waals surface area contributed by atoms with Gasteiger partial charge in [-0.25, -0.2) is 4.68 Å². The van der Waals surface area contributed by atoms with Crippen LogP contribution in [0.3, 0.4) is 0 Å². The quantitative estimate of drug-likeness (QED) is 0.796. The van der Waals surface area contributed by atoms with Crippen LogP contribution < -0.4 is 11.1 Å². The molecule has 0 aliphatic rings. The number of anilines is 2. The number of nitrogens with zero attached hydrogens (tertiary/aromatic N) is 5. The van der Waals surface area contributed by atoms with E-state index in [1.54, 1.807) is 0 Å². The molecule has 2 aromatic heterocycles. The Labute approximate surface area is 132 Å². The fraction of sp³-hybridized carbons (Fsp3) is 0.462. The number of nitrogen functional groups attached to an aromatic ring is 1. The van der Waals surface area contributed by atoms with Crippen LogP contribution in [0.25, 0.3) is 0 Å². The molecule has 9 heteroatoms. The van der Waals surface area contributed by atoms with E-state index in [0.29, 0.717) is 10.7 Å². The number of aryl methyl sites for hydroxylation is 1. The molecule has 22 heavy (non-hydrogen) atoms. The number of amides is 1. The van der Waals surface area contributed by atoms with Crippen LogP contribution in [-0.4, -0.2) is 27.7 Å². The molecule has 3 N–H and O–H groups in total. The van der Waals surface area contributed by atoms with Crippen molar-refractivity contribution in [1.29, 1.82) is 0 Å². The van der Waals surface area contributed by atoms with Gasteiger partial charge in [-0.15, -0.1) is 21.5 Å². The summed E-state index contributed by atoms with van der Waals surface area (Å²) in [4.78, 5) is 17.2. The fourth-order valence-electron chi connectivity index (χ4n) is 2.10. The first-order valence-corrected chi connectivity index (χ1v) is 7.79. The Balaban J connectivity index is 2.07. The van der Waals surface area contributed by atoms with Crippen molar-refractivity contribution >= 4 is 33.9 Å². The van der Waals surface area contributed by atoms with Crippen molar-refractivity contribution in [2.24, 2.45) is 10.2 Å². The summed E-state index contributed by atoms with van der Waals surface area (Å²) >= 11 is 1.53. The molecule has 1 amide bonds. The molecule has 118 valence electrons. The molecule has 0 aliphatic carbocycles. The molecule has 0 saturated heterocycles. The van der Waals surface area contributed by atoms with Crippen LogP contribution in [0, 0.1) is 0 Å². The second kappa shape index (κ2) is 7.12. The fourth-order valence-corrected chi connectivity index (χ4v) is 3.27. The maximum atomic E-state index is 12.1. The third kappa shape index (κ3) is 3.48. The van der Waals surface area contributed by atoms with Crippen LogP contribution in [0.15, 0.2) is 16.6 Å². The van der Waals surface area contributed by atoms with Gasteiger partial charge in [0.25, 0.3) is 5.95 Å². The lowest BCUT2D eigenvalue weighted by Crippen LogP contribution is -2.19. The number of azo groups is 1. The van der Waals surface area contributed by atoms with Gasteiger partial charge in [-0.2, -0.15) is 10.1 Å². The molecule has 0 fully saturated rings. The minimum Gasteiger partial charge on any atom is -0.396 e. The van der Waals surface area contributed by atoms with Crippen LogP contribution >= 0.6 is 11.3 Å². The lowest BCUT2D eigenvalue weighted by atomic mass is 10.1. The second-order valence-corrected chi connectivity index (χ2v) is 5.65. The minimum atomic E-state index is -0.205. The number of hydrogen-bond acceptors (Lipinski definition) is 7. The number of aromatic nitrogens is 3. The first kappa shape index (κ1) is 16.1. The van der Waals surface area contributed by atoms with E-state index in [9.17, 15) is 4.79 Å². The molecule has 2 aromatic rings. The van der Waals surface area contributed by atoms with E-state index in [1.807, 2.05) is 0 Å². The van der Waals surface area contributed by atoms with E-state index < -0.39 is 0 Å². The van der Waals surface area contributed by atoms with Crippen molar-refractivity contribution in [3.05, 3.63) is 16.8 Å². The number of nitrogens with two attached hydrogens (primary N) is 1. The lowest BCUT2D eigenvalue weighted by Gasteiger charge is -2.04. The van der Waals surface area contributed by atoms with Crippen molar-refractivity contribution in [2.45, 2.75) is 33.2 Å². The summed E-state index contributed by atoms with van der Waals surface area (Å²) in [6.07, 6.45) is 3.20. The second-order valence-electron chi connectivity index (χ2n) is 4.54. The maximum absolute atomic E-state index is 12.1. The molecule has 0 unspecified atom stereocenters. The summed E-state index contributed by atoms with van der Waals surface area (Å²) in [7, 11) is 1.53. The van der Waals surface area contributed by atoms with Crippen molar-refractivity contribution in [1.82, 2.24) is 14.8 Å². The van der Waals surface area contributed by atoms with Crippen LogP contribution in [0.5, 0.6) is 0 Å². The molecule has 0 spiro atoms. The smallest absolute Gasteiger partial charge is 0.286 e. The largest absolute Gasteiger partial charge is 0.396 e. The molecule has 8 nitrogen and oxygen atoms in total. The topological polar surface area (TPSA) is 111 Å². The average Bonchev–Trinajstić information content (AvgIpc) is 3.04. The van der Waals surface area contributed by atoms with Gasteiger partial charge in [-0.05, 0) is 18.4 Å². The van der Waals surface area contributed by atoms with Gasteiger partial charge in [0.05, 0.1) is 5.69 Å². The number of hydrogen-bond donors (Lipinski definition) is 2. The number of rotatable bonds is 6. The molecule has 0 saturated carbocycles. The molecule has 0 aromatic carbocycles. The van der Waals surface area contributed by atoms with Gasteiger partial charge in [0.15, 0.2) is 0 Å². The van der Waals surface area contributed by atoms with E-state index in [0.717, 1.165) is 18.4 Å². The molecule has 0 aliphatic heterocycles. The SMILES string of the molecule is CCc1sc(NC(=O)Cn2cnc(N=NC)n2)c(N)c1CC. The average molecular weight is 321 g/mol. The molecule has 0 radical (unpaired) electrons. The standard InChI is InChI=1S/C13H19N7OS/c1-4-8-9(5-2)22-12(11(8)14)17-10(21)6-20-7-16-13(19-20)18-15-3/h7H,4-6,14H2,1-3H3,(H,17,21). The molecule has 2 rings (SSSR count). The van der Waals surface area contributed by atoms with E-state index in [-0.39, 0.29) is 18.4 Å². The highest BCUT2D eigenvalue weighted by molar-refractivity contribution is 7.17. The number of carbonyl (C=O) groups excluding carboxylic acids is 1. The van der Waals surface area contributed by atoms with Gasteiger partial charge >= 0.3 is 0 Å². The molecule has 0 atom stereocenters. The van der Waals surface area contributed by atoms with E-state index in [2.05, 4.69) is 39.5 Å². The maximum Gasteiger partial charge on any atom is 0.286 e. The summed E-state index contributed by atoms with van der Waals surface area (Å²) < 4.78 is 1.41. The first-order valence-electron chi connectivity index (χ1n) is 6.98. The molecular formula is C13H19N7OS. The summed E-state index contributed by atoms with van der Waals surface area (Å²) in [6, 6.07) is 0. The van der Waals surface area contributed by atoms with Crippen molar-refractivity contribution < 1.29 is 4.79 Å². The summed E-state index contributed by atoms with van der Waals surface area (Å²) in [5, 5.41) is 14.8. The van der Waals surface area contributed by atoms with Gasteiger partial charge in [-0.3, -0.25) is 4.79 Å². The molecular weight excluding hydrogens is 302 g/mol. The Hall–Kier alpha value is -2.29. The van der Waals surface area contributed by atoms with Gasteiger partial charge in [-0.1, -0.05) is 13.8 Å². The highest BCUT2D eigenvalue weighted by Gasteiger charge is 2.15. The van der Waals surface area contributed by atoms with Crippen molar-refractivity contribution in [3.8, 4) is 0 Å². The van der Waals surface area contributed by atoms with Gasteiger partial charge in [0, 0.05) is 11.9 Å². The summed E-state index contributed by atoms with van der Waals surface area (Å²) in [5.74, 6) is 0.0237. The third-order valence-corrected chi connectivity index (χ3v) is 4.39. The van der Waals surface area contributed by atoms with Gasteiger partial charge in [0.2, 0.25) is 5.91 Å². The van der Waals surface area contributed by atoms with E-state index >= 15 is 0 Å². The van der Waals surface area contributed by atoms with Crippen LogP contribution in [0.4, 0.5) is 16.6 Å². The first-order chi connectivity index (χ1) is 10.6. The van der Waals surface area contributed by atoms with Gasteiger partial charge < -0.3 is 11.1 Å². The van der Waals surface area contributed by atoms with Crippen LogP contribution in [-0.2, 0) is 24.2 Å². The lowest BCUT2D eigenvalue weighted by molar-refractivity contribution is -0.116. The molecule has 0 bridgehead atoms. The highest BCUT2D eigenvalue weighted by atomic mass is 32.1. The Bertz CT molecular complexity index is 689. The number of thiophene rings is 1. The van der Waals surface area contributed by atoms with Gasteiger partial charge in [0.1, 0.15) is 17.9 Å². The minimum absolute atomic E-state index is 0.0481. The molecule has 2 heterocycles. The predicted octanol–water partition coefficient (Wildman–Crippen LogP) is 2.40. The monoisotopic (exact) mass is 321 g/mol. The summed E-state index contributed by atoms with van der Waals surface area (Å²) in [6.45, 7) is 4.18. The highest BCUT2D eigenvalue weighted by Crippen LogP contribution is 2.36. The van der Waals surface area contributed by atoms with Crippen molar-refractivity contribution in [3.63, 3.8) is 0 Å². The Morgan fingerprint density at radius 2 is 2.23 bits per heavy atom. The zero-order valence-corrected chi connectivity index (χ0v) is 13.6. The zero-order chi connectivity index (χ0) is 16.1. The van der Waals surface area contributed by atoms with E-state index in [4.69, 9.17) is 5.73 Å². The number of nitrogens with one attached hydrogen (secondary N) is 1. The Morgan fingerprint density at radius 1 is 1.45 bits per heavy atom.